The topological polar surface area (TPSA) is 121 Å². The summed E-state index contributed by atoms with van der Waals surface area (Å²) in [5.74, 6) is 0.666. The summed E-state index contributed by atoms with van der Waals surface area (Å²) in [6.07, 6.45) is 0. The van der Waals surface area contributed by atoms with Crippen molar-refractivity contribution in [2.24, 2.45) is 5.10 Å². The maximum absolute atomic E-state index is 12.7. The number of nitrogens with one attached hydrogen (secondary N) is 1. The molecular weight excluding hydrogens is 486 g/mol. The van der Waals surface area contributed by atoms with Crippen LogP contribution in [-0.4, -0.2) is 33.4 Å². The Balaban J connectivity index is 1.46. The fraction of sp³-hybridized carbons (Fsp3) is 0.250. The van der Waals surface area contributed by atoms with Crippen LogP contribution in [0.4, 0.5) is 5.69 Å². The molecule has 4 aromatic rings. The van der Waals surface area contributed by atoms with Crippen molar-refractivity contribution < 1.29 is 19.2 Å². The minimum absolute atomic E-state index is 0.0980. The van der Waals surface area contributed by atoms with Crippen LogP contribution in [0.25, 0.3) is 10.8 Å². The van der Waals surface area contributed by atoms with Crippen molar-refractivity contribution in [3.8, 4) is 11.5 Å². The number of nitro groups is 1. The number of rotatable bonds is 9. The molecule has 10 nitrogen and oxygen atoms in total. The third kappa shape index (κ3) is 5.34. The summed E-state index contributed by atoms with van der Waals surface area (Å²) in [5.41, 5.74) is 5.33. The third-order valence-corrected chi connectivity index (χ3v) is 6.39. The Morgan fingerprint density at radius 3 is 2.58 bits per heavy atom. The van der Waals surface area contributed by atoms with E-state index < -0.39 is 16.9 Å². The normalized spacial score (nSPS) is 12.3. The van der Waals surface area contributed by atoms with Gasteiger partial charge in [0.15, 0.2) is 11.5 Å². The second-order valence-corrected chi connectivity index (χ2v) is 8.86. The highest BCUT2D eigenvalue weighted by Crippen LogP contribution is 2.30. The van der Waals surface area contributed by atoms with Crippen LogP contribution in [0.2, 0.25) is 0 Å². The number of aryl methyl sites for hydroxylation is 1. The first-order valence-corrected chi connectivity index (χ1v) is 12.0. The summed E-state index contributed by atoms with van der Waals surface area (Å²) in [6, 6.07) is 18.9. The van der Waals surface area contributed by atoms with E-state index in [-0.39, 0.29) is 11.4 Å². The van der Waals surface area contributed by atoms with Gasteiger partial charge in [-0.3, -0.25) is 19.6 Å². The molecule has 1 heterocycles. The molecule has 0 aliphatic rings. The van der Waals surface area contributed by atoms with E-state index in [0.29, 0.717) is 29.5 Å². The molecule has 1 amide bonds. The molecule has 10 heteroatoms. The number of carbonyl (C=O) groups excluding carboxylic acids is 1. The SMILES string of the molecule is COc1cc(/C(C)=N/NC(=O)C(C)n2nc(C)c([N+](=O)[O-])c2C)ccc1OCc1cccc2ccccc12. The maximum atomic E-state index is 12.7. The van der Waals surface area contributed by atoms with Crippen LogP contribution in [0.1, 0.15) is 42.4 Å². The molecule has 1 aromatic heterocycles. The predicted molar refractivity (Wildman–Crippen MR) is 145 cm³/mol. The lowest BCUT2D eigenvalue weighted by atomic mass is 10.1. The van der Waals surface area contributed by atoms with Crippen LogP contribution in [0.5, 0.6) is 11.5 Å². The van der Waals surface area contributed by atoms with Gasteiger partial charge < -0.3 is 9.47 Å². The summed E-state index contributed by atoms with van der Waals surface area (Å²) in [5, 5.41) is 21.9. The van der Waals surface area contributed by atoms with E-state index in [2.05, 4.69) is 33.8 Å². The molecule has 38 heavy (non-hydrogen) atoms. The van der Waals surface area contributed by atoms with Gasteiger partial charge in [0.2, 0.25) is 0 Å². The smallest absolute Gasteiger partial charge is 0.312 e. The minimum Gasteiger partial charge on any atom is -0.493 e. The zero-order valence-electron chi connectivity index (χ0n) is 21.9. The summed E-state index contributed by atoms with van der Waals surface area (Å²) >= 11 is 0. The Morgan fingerprint density at radius 1 is 1.13 bits per heavy atom. The van der Waals surface area contributed by atoms with E-state index in [1.54, 1.807) is 40.0 Å². The van der Waals surface area contributed by atoms with E-state index in [1.807, 2.05) is 30.3 Å². The summed E-state index contributed by atoms with van der Waals surface area (Å²) in [4.78, 5) is 23.5. The van der Waals surface area contributed by atoms with Crippen molar-refractivity contribution in [1.29, 1.82) is 0 Å². The Hall–Kier alpha value is -4.73. The van der Waals surface area contributed by atoms with Crippen molar-refractivity contribution in [2.45, 2.75) is 40.3 Å². The highest BCUT2D eigenvalue weighted by Gasteiger charge is 2.27. The van der Waals surface area contributed by atoms with Gasteiger partial charge in [-0.2, -0.15) is 10.2 Å². The lowest BCUT2D eigenvalue weighted by Gasteiger charge is -2.14. The first-order valence-electron chi connectivity index (χ1n) is 12.0. The molecule has 3 aromatic carbocycles. The van der Waals surface area contributed by atoms with Gasteiger partial charge in [0, 0.05) is 5.56 Å². The Bertz CT molecular complexity index is 1540. The standard InChI is InChI=1S/C28H29N5O5/c1-17(29-30-28(34)20(4)32-19(3)27(33(35)36)18(2)31-32)22-13-14-25(26(15-22)37-5)38-16-23-11-8-10-21-9-6-7-12-24(21)23/h6-15,20H,16H2,1-5H3,(H,30,34)/b29-17+. The molecule has 0 saturated heterocycles. The number of amides is 1. The predicted octanol–water partition coefficient (Wildman–Crippen LogP) is 5.25. The molecule has 0 aliphatic heterocycles. The lowest BCUT2D eigenvalue weighted by Crippen LogP contribution is -2.29. The minimum atomic E-state index is -0.793. The van der Waals surface area contributed by atoms with Crippen molar-refractivity contribution in [3.05, 3.63) is 93.3 Å². The summed E-state index contributed by atoms with van der Waals surface area (Å²) in [6.45, 7) is 6.84. The molecule has 0 aliphatic carbocycles. The fourth-order valence-electron chi connectivity index (χ4n) is 4.29. The molecule has 4 rings (SSSR count). The highest BCUT2D eigenvalue weighted by atomic mass is 16.6. The average Bonchev–Trinajstić information content (AvgIpc) is 3.23. The molecular formula is C28H29N5O5. The van der Waals surface area contributed by atoms with Gasteiger partial charge in [-0.25, -0.2) is 5.43 Å². The Morgan fingerprint density at radius 2 is 1.87 bits per heavy atom. The number of fused-ring (bicyclic) bond motifs is 1. The lowest BCUT2D eigenvalue weighted by molar-refractivity contribution is -0.386. The number of methoxy groups -OCH3 is 1. The molecule has 0 fully saturated rings. The van der Waals surface area contributed by atoms with Gasteiger partial charge >= 0.3 is 5.69 Å². The molecule has 0 radical (unpaired) electrons. The number of carbonyl (C=O) groups is 1. The van der Waals surface area contributed by atoms with Crippen LogP contribution in [-0.2, 0) is 11.4 Å². The number of aromatic nitrogens is 2. The third-order valence-electron chi connectivity index (χ3n) is 6.39. The van der Waals surface area contributed by atoms with E-state index in [4.69, 9.17) is 9.47 Å². The highest BCUT2D eigenvalue weighted by molar-refractivity contribution is 6.00. The molecule has 0 saturated carbocycles. The Labute approximate surface area is 220 Å². The number of ether oxygens (including phenoxy) is 2. The average molecular weight is 516 g/mol. The fourth-order valence-corrected chi connectivity index (χ4v) is 4.29. The van der Waals surface area contributed by atoms with Crippen molar-refractivity contribution in [3.63, 3.8) is 0 Å². The van der Waals surface area contributed by atoms with Crippen molar-refractivity contribution in [1.82, 2.24) is 15.2 Å². The maximum Gasteiger partial charge on any atom is 0.312 e. The van der Waals surface area contributed by atoms with Gasteiger partial charge in [0.05, 0.1) is 17.7 Å². The second-order valence-electron chi connectivity index (χ2n) is 8.86. The van der Waals surface area contributed by atoms with Crippen molar-refractivity contribution >= 4 is 28.1 Å². The number of hydrogen-bond acceptors (Lipinski definition) is 7. The van der Waals surface area contributed by atoms with Gasteiger partial charge in [0.25, 0.3) is 5.91 Å². The largest absolute Gasteiger partial charge is 0.493 e. The van der Waals surface area contributed by atoms with Gasteiger partial charge in [0.1, 0.15) is 24.0 Å². The van der Waals surface area contributed by atoms with Gasteiger partial charge in [-0.1, -0.05) is 42.5 Å². The molecule has 1 unspecified atom stereocenters. The number of hydrazone groups is 1. The van der Waals surface area contributed by atoms with E-state index in [9.17, 15) is 14.9 Å². The van der Waals surface area contributed by atoms with E-state index in [1.165, 1.54) is 11.6 Å². The molecule has 1 N–H and O–H groups in total. The molecule has 196 valence electrons. The quantitative estimate of drug-likeness (QED) is 0.185. The van der Waals surface area contributed by atoms with Crippen LogP contribution >= 0.6 is 0 Å². The number of hydrogen-bond donors (Lipinski definition) is 1. The van der Waals surface area contributed by atoms with Crippen LogP contribution < -0.4 is 14.9 Å². The zero-order valence-corrected chi connectivity index (χ0v) is 21.9. The van der Waals surface area contributed by atoms with Crippen molar-refractivity contribution in [2.75, 3.05) is 7.11 Å². The Kier molecular flexibility index (Phi) is 7.71. The van der Waals surface area contributed by atoms with E-state index in [0.717, 1.165) is 21.9 Å². The molecule has 1 atom stereocenters. The molecule has 0 bridgehead atoms. The molecule has 0 spiro atoms. The second kappa shape index (κ2) is 11.1. The number of nitrogens with zero attached hydrogens (tertiary/aromatic N) is 4. The van der Waals surface area contributed by atoms with E-state index >= 15 is 0 Å². The van der Waals surface area contributed by atoms with Crippen LogP contribution in [0.15, 0.2) is 65.8 Å². The van der Waals surface area contributed by atoms with Crippen LogP contribution in [0.3, 0.4) is 0 Å². The van der Waals surface area contributed by atoms with Gasteiger partial charge in [-0.15, -0.1) is 0 Å². The first-order chi connectivity index (χ1) is 18.2. The summed E-state index contributed by atoms with van der Waals surface area (Å²) < 4.78 is 13.0. The summed E-state index contributed by atoms with van der Waals surface area (Å²) in [7, 11) is 1.56. The number of benzene rings is 3. The first kappa shape index (κ1) is 26.3. The van der Waals surface area contributed by atoms with Gasteiger partial charge in [-0.05, 0) is 62.2 Å². The zero-order chi connectivity index (χ0) is 27.4. The monoisotopic (exact) mass is 515 g/mol. The van der Waals surface area contributed by atoms with Crippen LogP contribution in [0, 0.1) is 24.0 Å².